The third-order valence-corrected chi connectivity index (χ3v) is 12.5. The summed E-state index contributed by atoms with van der Waals surface area (Å²) in [6.07, 6.45) is 1.98. The number of nitrogens with zero attached hydrogens (tertiary/aromatic N) is 2. The van der Waals surface area contributed by atoms with Crippen molar-refractivity contribution < 1.29 is 34.1 Å². The van der Waals surface area contributed by atoms with Crippen LogP contribution in [0.4, 0.5) is 0 Å². The van der Waals surface area contributed by atoms with Crippen LogP contribution in [0.25, 0.3) is 11.1 Å². The number of amides is 1. The van der Waals surface area contributed by atoms with Crippen LogP contribution >= 0.6 is 0 Å². The molecule has 1 unspecified atom stereocenters. The summed E-state index contributed by atoms with van der Waals surface area (Å²) in [5.41, 5.74) is 3.07. The average Bonchev–Trinajstić information content (AvgIpc) is 3.46. The molecule has 9 atom stereocenters. The maximum atomic E-state index is 14.3. The molecule has 3 aliphatic carbocycles. The number of rotatable bonds is 16. The molecule has 288 valence electrons. The van der Waals surface area contributed by atoms with Crippen LogP contribution in [-0.4, -0.2) is 97.6 Å². The number of methoxy groups -OCH3 is 2. The predicted molar refractivity (Wildman–Crippen MR) is 203 cm³/mol. The van der Waals surface area contributed by atoms with Gasteiger partial charge in [0.1, 0.15) is 23.6 Å². The molecule has 1 amide bonds. The summed E-state index contributed by atoms with van der Waals surface area (Å²) in [6.45, 7) is 13.6. The van der Waals surface area contributed by atoms with Gasteiger partial charge in [0.15, 0.2) is 5.78 Å². The Bertz CT molecular complexity index is 1550. The van der Waals surface area contributed by atoms with Gasteiger partial charge in [-0.3, -0.25) is 14.4 Å². The monoisotopic (exact) mass is 721 g/mol. The van der Waals surface area contributed by atoms with Crippen molar-refractivity contribution in [1.29, 1.82) is 0 Å². The van der Waals surface area contributed by atoms with Gasteiger partial charge in [-0.1, -0.05) is 58.9 Å². The smallest absolute Gasteiger partial charge is 0.255 e. The van der Waals surface area contributed by atoms with Crippen LogP contribution < -0.4 is 14.8 Å². The maximum Gasteiger partial charge on any atom is 0.255 e. The summed E-state index contributed by atoms with van der Waals surface area (Å²) in [7, 11) is 7.17. The number of aliphatic hydroxyl groups excluding tert-OH is 2. The van der Waals surface area contributed by atoms with E-state index < -0.39 is 24.2 Å². The lowest BCUT2D eigenvalue weighted by atomic mass is 9.43. The fourth-order valence-corrected chi connectivity index (χ4v) is 9.70. The number of ketones is 1. The molecule has 3 saturated carbocycles. The third kappa shape index (κ3) is 8.21. The minimum absolute atomic E-state index is 0.0306. The Labute approximate surface area is 311 Å². The van der Waals surface area contributed by atoms with Crippen molar-refractivity contribution in [3.63, 3.8) is 0 Å². The molecule has 4 aliphatic rings. The van der Waals surface area contributed by atoms with Crippen LogP contribution in [0, 0.1) is 40.9 Å². The van der Waals surface area contributed by atoms with E-state index in [9.17, 15) is 19.8 Å². The lowest BCUT2D eigenvalue weighted by molar-refractivity contribution is -0.183. The predicted octanol–water partition coefficient (Wildman–Crippen LogP) is 5.83. The molecule has 4 fully saturated rings. The molecule has 0 radical (unpaired) electrons. The van der Waals surface area contributed by atoms with Gasteiger partial charge in [-0.15, -0.1) is 0 Å². The SMILES string of the molecule is COc1ccc(-c2cccc(CN3O[C@@H](CO)[C@H]([C@H](C)O)[C@H]3C(=O)CC3C[C@H]4C[C@@H]([C@@H]3C)C4(C)C)c2OC)cc1C(=O)N[C@@H](CC(C)C)CN(C)C. The number of Topliss-reactive ketones (excluding diaryl/α,β-unsaturated/α-hetero) is 1. The molecule has 1 heterocycles. The summed E-state index contributed by atoms with van der Waals surface area (Å²) in [6, 6.07) is 10.6. The van der Waals surface area contributed by atoms with E-state index in [2.05, 4.69) is 44.8 Å². The Balaban J connectivity index is 1.42. The van der Waals surface area contributed by atoms with Gasteiger partial charge in [0.05, 0.1) is 39.0 Å². The molecule has 0 aromatic heterocycles. The third-order valence-electron chi connectivity index (χ3n) is 12.5. The fourth-order valence-electron chi connectivity index (χ4n) is 9.70. The maximum absolute atomic E-state index is 14.3. The summed E-state index contributed by atoms with van der Waals surface area (Å²) in [5, 5.41) is 26.2. The molecule has 6 rings (SSSR count). The highest BCUT2D eigenvalue weighted by Gasteiger charge is 2.57. The van der Waals surface area contributed by atoms with E-state index in [0.29, 0.717) is 52.6 Å². The standard InChI is InChI=1S/C42H63N3O7/c1-24(2)16-31(22-44(7)8)43-41(49)33-18-27(14-15-36(33)50-9)32-13-11-12-28(40(32)51-10)21-45-39(38(26(4)47)37(23-46)52-45)35(48)19-29-17-30-20-34(25(29)3)42(30,5)6/h11-15,18,24-26,29-31,34,37-39,46-47H,16-17,19-23H2,1-10H3,(H,43,49)/t25-,26+,29?,30+,31+,34+,37+,38+,39-/m1/s1. The van der Waals surface area contributed by atoms with Gasteiger partial charge in [0.25, 0.3) is 5.91 Å². The van der Waals surface area contributed by atoms with E-state index in [1.807, 2.05) is 44.4 Å². The molecular weight excluding hydrogens is 658 g/mol. The number of carbonyl (C=O) groups excluding carboxylic acids is 2. The molecule has 52 heavy (non-hydrogen) atoms. The summed E-state index contributed by atoms with van der Waals surface area (Å²) in [4.78, 5) is 36.4. The Morgan fingerprint density at radius 3 is 2.40 bits per heavy atom. The Morgan fingerprint density at radius 1 is 1.10 bits per heavy atom. The Kier molecular flexibility index (Phi) is 12.8. The van der Waals surface area contributed by atoms with E-state index in [0.717, 1.165) is 36.1 Å². The number of hydrogen-bond donors (Lipinski definition) is 3. The Morgan fingerprint density at radius 2 is 1.83 bits per heavy atom. The molecule has 10 heteroatoms. The second-order valence-corrected chi connectivity index (χ2v) is 17.0. The van der Waals surface area contributed by atoms with Gasteiger partial charge in [-0.2, -0.15) is 5.06 Å². The number of likely N-dealkylation sites (N-methyl/N-ethyl adjacent to an activating group) is 1. The van der Waals surface area contributed by atoms with Gasteiger partial charge in [-0.25, -0.2) is 0 Å². The second-order valence-electron chi connectivity index (χ2n) is 17.0. The highest BCUT2D eigenvalue weighted by Crippen LogP contribution is 2.63. The van der Waals surface area contributed by atoms with Crippen LogP contribution in [0.2, 0.25) is 0 Å². The van der Waals surface area contributed by atoms with E-state index >= 15 is 0 Å². The van der Waals surface area contributed by atoms with Crippen molar-refractivity contribution >= 4 is 11.7 Å². The van der Waals surface area contributed by atoms with E-state index in [1.54, 1.807) is 32.3 Å². The molecular formula is C42H63N3O7. The van der Waals surface area contributed by atoms with Crippen molar-refractivity contribution in [1.82, 2.24) is 15.3 Å². The molecule has 1 aliphatic heterocycles. The first-order valence-electron chi connectivity index (χ1n) is 19.2. The van der Waals surface area contributed by atoms with Crippen LogP contribution in [-0.2, 0) is 16.2 Å². The number of fused-ring (bicyclic) bond motifs is 2. The zero-order valence-corrected chi connectivity index (χ0v) is 33.0. The van der Waals surface area contributed by atoms with Gasteiger partial charge in [-0.05, 0) is 93.0 Å². The van der Waals surface area contributed by atoms with E-state index in [-0.39, 0.29) is 36.8 Å². The van der Waals surface area contributed by atoms with E-state index in [1.165, 1.54) is 6.42 Å². The minimum atomic E-state index is -0.859. The fraction of sp³-hybridized carbons (Fsp3) is 0.667. The highest BCUT2D eigenvalue weighted by atomic mass is 16.7. The number of benzene rings is 2. The first-order valence-corrected chi connectivity index (χ1v) is 19.2. The zero-order chi connectivity index (χ0) is 38.1. The number of nitrogens with one attached hydrogen (secondary N) is 1. The summed E-state index contributed by atoms with van der Waals surface area (Å²) >= 11 is 0. The van der Waals surface area contributed by atoms with Gasteiger partial charge >= 0.3 is 0 Å². The number of hydroxylamine groups is 2. The van der Waals surface area contributed by atoms with Crippen LogP contribution in [0.3, 0.4) is 0 Å². The summed E-state index contributed by atoms with van der Waals surface area (Å²) < 4.78 is 11.7. The van der Waals surface area contributed by atoms with Gasteiger partial charge < -0.3 is 29.9 Å². The highest BCUT2D eigenvalue weighted by molar-refractivity contribution is 5.98. The minimum Gasteiger partial charge on any atom is -0.496 e. The van der Waals surface area contributed by atoms with Gasteiger partial charge in [0, 0.05) is 36.1 Å². The van der Waals surface area contributed by atoms with Crippen LogP contribution in [0.5, 0.6) is 11.5 Å². The van der Waals surface area contributed by atoms with Gasteiger partial charge in [0.2, 0.25) is 0 Å². The number of carbonyl (C=O) groups is 2. The van der Waals surface area contributed by atoms with Crippen molar-refractivity contribution in [3.05, 3.63) is 47.5 Å². The van der Waals surface area contributed by atoms with Crippen molar-refractivity contribution in [3.8, 4) is 22.6 Å². The lowest BCUT2D eigenvalue weighted by Gasteiger charge is -2.62. The number of para-hydroxylation sites is 1. The topological polar surface area (TPSA) is 121 Å². The number of ether oxygens (including phenoxy) is 2. The molecule has 10 nitrogen and oxygen atoms in total. The molecule has 3 N–H and O–H groups in total. The first-order chi connectivity index (χ1) is 24.6. The molecule has 2 bridgehead atoms. The zero-order valence-electron chi connectivity index (χ0n) is 33.0. The largest absolute Gasteiger partial charge is 0.496 e. The van der Waals surface area contributed by atoms with Crippen molar-refractivity contribution in [2.24, 2.45) is 40.9 Å². The first kappa shape index (κ1) is 40.2. The van der Waals surface area contributed by atoms with Crippen LogP contribution in [0.15, 0.2) is 36.4 Å². The molecule has 0 spiro atoms. The van der Waals surface area contributed by atoms with Crippen molar-refractivity contribution in [2.75, 3.05) is 41.5 Å². The number of aliphatic hydroxyl groups is 2. The summed E-state index contributed by atoms with van der Waals surface area (Å²) in [5.74, 6) is 2.72. The second kappa shape index (κ2) is 16.6. The normalized spacial score (nSPS) is 28.0. The average molecular weight is 722 g/mol. The van der Waals surface area contributed by atoms with Crippen LogP contribution in [0.1, 0.15) is 83.1 Å². The molecule has 1 saturated heterocycles. The Hall–Kier alpha value is -3.02. The van der Waals surface area contributed by atoms with E-state index in [4.69, 9.17) is 14.3 Å². The number of hydrogen-bond acceptors (Lipinski definition) is 9. The quantitative estimate of drug-likeness (QED) is 0.197. The lowest BCUT2D eigenvalue weighted by Crippen LogP contribution is -2.55. The molecule has 2 aromatic rings. The molecule has 2 aromatic carbocycles. The van der Waals surface area contributed by atoms with Crippen molar-refractivity contribution in [2.45, 2.75) is 98.1 Å².